The molecule has 0 saturated carbocycles. The van der Waals surface area contributed by atoms with Crippen molar-refractivity contribution in [2.75, 3.05) is 18.0 Å². The molecule has 2 aromatic heterocycles. The average molecular weight is 257 g/mol. The zero-order valence-electron chi connectivity index (χ0n) is 11.5. The molecule has 0 N–H and O–H groups in total. The quantitative estimate of drug-likeness (QED) is 0.828. The van der Waals surface area contributed by atoms with E-state index in [1.165, 1.54) is 19.3 Å². The van der Waals surface area contributed by atoms with Crippen LogP contribution in [0.1, 0.15) is 30.7 Å². The molecule has 19 heavy (non-hydrogen) atoms. The molecule has 0 spiro atoms. The topological polar surface area (TPSA) is 46.8 Å². The second-order valence-corrected chi connectivity index (χ2v) is 5.12. The van der Waals surface area contributed by atoms with E-state index in [2.05, 4.69) is 21.0 Å². The summed E-state index contributed by atoms with van der Waals surface area (Å²) in [5.74, 6) is 1.76. The maximum absolute atomic E-state index is 4.70. The summed E-state index contributed by atoms with van der Waals surface area (Å²) in [7, 11) is 0. The van der Waals surface area contributed by atoms with Crippen LogP contribution in [-0.4, -0.2) is 32.8 Å². The first-order valence-electron chi connectivity index (χ1n) is 6.85. The van der Waals surface area contributed by atoms with Crippen LogP contribution < -0.4 is 4.90 Å². The van der Waals surface area contributed by atoms with E-state index in [4.69, 9.17) is 4.98 Å². The van der Waals surface area contributed by atoms with E-state index < -0.39 is 0 Å². The Kier molecular flexibility index (Phi) is 3.19. The lowest BCUT2D eigenvalue weighted by Gasteiger charge is -2.27. The third-order valence-electron chi connectivity index (χ3n) is 3.52. The van der Waals surface area contributed by atoms with Crippen molar-refractivity contribution in [2.24, 2.45) is 0 Å². The van der Waals surface area contributed by atoms with Gasteiger partial charge in [-0.1, -0.05) is 0 Å². The molecule has 1 aliphatic rings. The number of aromatic nitrogens is 4. The Balaban J connectivity index is 1.93. The van der Waals surface area contributed by atoms with Crippen LogP contribution in [-0.2, 0) is 0 Å². The standard InChI is InChI=1S/C14H19N5/c1-11-8-12(2)19(17-11)14-10-15-9-13(16-14)18-6-4-3-5-7-18/h8-10H,3-7H2,1-2H3. The molecule has 3 rings (SSSR count). The molecule has 0 atom stereocenters. The summed E-state index contributed by atoms with van der Waals surface area (Å²) in [5, 5.41) is 4.46. The fourth-order valence-electron chi connectivity index (χ4n) is 2.58. The second-order valence-electron chi connectivity index (χ2n) is 5.12. The summed E-state index contributed by atoms with van der Waals surface area (Å²) >= 11 is 0. The lowest BCUT2D eigenvalue weighted by atomic mass is 10.1. The second kappa shape index (κ2) is 4.99. The maximum Gasteiger partial charge on any atom is 0.174 e. The minimum Gasteiger partial charge on any atom is -0.355 e. The van der Waals surface area contributed by atoms with Crippen molar-refractivity contribution in [2.45, 2.75) is 33.1 Å². The highest BCUT2D eigenvalue weighted by molar-refractivity contribution is 5.40. The fourth-order valence-corrected chi connectivity index (χ4v) is 2.58. The minimum absolute atomic E-state index is 0.800. The zero-order valence-corrected chi connectivity index (χ0v) is 11.5. The number of nitrogens with zero attached hydrogens (tertiary/aromatic N) is 5. The summed E-state index contributed by atoms with van der Waals surface area (Å²) in [5.41, 5.74) is 2.09. The molecule has 2 aromatic rings. The number of hydrogen-bond acceptors (Lipinski definition) is 4. The zero-order chi connectivity index (χ0) is 13.2. The first kappa shape index (κ1) is 12.1. The number of anilines is 1. The van der Waals surface area contributed by atoms with Gasteiger partial charge in [-0.15, -0.1) is 0 Å². The van der Waals surface area contributed by atoms with Crippen LogP contribution in [0.25, 0.3) is 5.82 Å². The third-order valence-corrected chi connectivity index (χ3v) is 3.52. The molecule has 5 nitrogen and oxygen atoms in total. The van der Waals surface area contributed by atoms with E-state index in [1.54, 1.807) is 6.20 Å². The third kappa shape index (κ3) is 2.45. The van der Waals surface area contributed by atoms with Gasteiger partial charge >= 0.3 is 0 Å². The smallest absolute Gasteiger partial charge is 0.174 e. The Bertz CT molecular complexity index is 569. The molecule has 5 heteroatoms. The van der Waals surface area contributed by atoms with Gasteiger partial charge in [0, 0.05) is 18.8 Å². The monoisotopic (exact) mass is 257 g/mol. The highest BCUT2D eigenvalue weighted by Crippen LogP contribution is 2.18. The average Bonchev–Trinajstić information content (AvgIpc) is 2.79. The molecule has 0 aromatic carbocycles. The van der Waals surface area contributed by atoms with Gasteiger partial charge in [0.25, 0.3) is 0 Å². The molecular formula is C14H19N5. The highest BCUT2D eigenvalue weighted by atomic mass is 15.3. The van der Waals surface area contributed by atoms with E-state index in [1.807, 2.05) is 24.7 Å². The predicted octanol–water partition coefficient (Wildman–Crippen LogP) is 2.27. The van der Waals surface area contributed by atoms with Crippen molar-refractivity contribution in [1.82, 2.24) is 19.7 Å². The molecule has 0 radical (unpaired) electrons. The van der Waals surface area contributed by atoms with E-state index in [-0.39, 0.29) is 0 Å². The van der Waals surface area contributed by atoms with Gasteiger partial charge < -0.3 is 4.90 Å². The molecule has 100 valence electrons. The molecule has 0 aliphatic carbocycles. The lowest BCUT2D eigenvalue weighted by Crippen LogP contribution is -2.30. The van der Waals surface area contributed by atoms with Gasteiger partial charge in [-0.2, -0.15) is 5.10 Å². The first-order valence-corrected chi connectivity index (χ1v) is 6.85. The number of hydrogen-bond donors (Lipinski definition) is 0. The van der Waals surface area contributed by atoms with Crippen molar-refractivity contribution < 1.29 is 0 Å². The Morgan fingerprint density at radius 2 is 1.74 bits per heavy atom. The Morgan fingerprint density at radius 3 is 2.42 bits per heavy atom. The molecule has 1 aliphatic heterocycles. The van der Waals surface area contributed by atoms with Crippen LogP contribution in [0.4, 0.5) is 5.82 Å². The van der Waals surface area contributed by atoms with Gasteiger partial charge in [-0.3, -0.25) is 4.98 Å². The van der Waals surface area contributed by atoms with Gasteiger partial charge in [0.15, 0.2) is 5.82 Å². The minimum atomic E-state index is 0.800. The summed E-state index contributed by atoms with van der Waals surface area (Å²) in [4.78, 5) is 11.3. The van der Waals surface area contributed by atoms with Gasteiger partial charge in [-0.05, 0) is 39.2 Å². The van der Waals surface area contributed by atoms with Crippen LogP contribution in [0.5, 0.6) is 0 Å². The van der Waals surface area contributed by atoms with Crippen molar-refractivity contribution in [3.63, 3.8) is 0 Å². The van der Waals surface area contributed by atoms with Crippen molar-refractivity contribution >= 4 is 5.82 Å². The van der Waals surface area contributed by atoms with Crippen molar-refractivity contribution in [1.29, 1.82) is 0 Å². The molecule has 1 saturated heterocycles. The van der Waals surface area contributed by atoms with E-state index >= 15 is 0 Å². The van der Waals surface area contributed by atoms with Gasteiger partial charge in [0.2, 0.25) is 0 Å². The predicted molar refractivity (Wildman–Crippen MR) is 74.7 cm³/mol. The SMILES string of the molecule is Cc1cc(C)n(-c2cncc(N3CCCCC3)n2)n1. The molecule has 0 unspecified atom stereocenters. The van der Waals surface area contributed by atoms with E-state index in [9.17, 15) is 0 Å². The maximum atomic E-state index is 4.70. The van der Waals surface area contributed by atoms with Gasteiger partial charge in [0.05, 0.1) is 18.1 Å². The number of rotatable bonds is 2. The Labute approximate surface area is 113 Å². The van der Waals surface area contributed by atoms with Crippen LogP contribution in [0, 0.1) is 13.8 Å². The molecule has 3 heterocycles. The molecule has 0 bridgehead atoms. The van der Waals surface area contributed by atoms with Crippen LogP contribution in [0.15, 0.2) is 18.5 Å². The summed E-state index contributed by atoms with van der Waals surface area (Å²) in [6.45, 7) is 6.19. The largest absolute Gasteiger partial charge is 0.355 e. The summed E-state index contributed by atoms with van der Waals surface area (Å²) < 4.78 is 1.86. The first-order chi connectivity index (χ1) is 9.24. The van der Waals surface area contributed by atoms with E-state index in [0.717, 1.165) is 36.1 Å². The fraction of sp³-hybridized carbons (Fsp3) is 0.500. The van der Waals surface area contributed by atoms with Crippen molar-refractivity contribution in [3.05, 3.63) is 29.8 Å². The van der Waals surface area contributed by atoms with Crippen LogP contribution in [0.3, 0.4) is 0 Å². The number of aryl methyl sites for hydroxylation is 2. The summed E-state index contributed by atoms with van der Waals surface area (Å²) in [6.07, 6.45) is 7.42. The lowest BCUT2D eigenvalue weighted by molar-refractivity contribution is 0.572. The van der Waals surface area contributed by atoms with Crippen molar-refractivity contribution in [3.8, 4) is 5.82 Å². The summed E-state index contributed by atoms with van der Waals surface area (Å²) in [6, 6.07) is 2.05. The van der Waals surface area contributed by atoms with Gasteiger partial charge in [0.1, 0.15) is 5.82 Å². The Morgan fingerprint density at radius 1 is 1.00 bits per heavy atom. The molecule has 1 fully saturated rings. The number of piperidine rings is 1. The van der Waals surface area contributed by atoms with Gasteiger partial charge in [-0.25, -0.2) is 9.67 Å². The Hall–Kier alpha value is -1.91. The van der Waals surface area contributed by atoms with Crippen LogP contribution >= 0.6 is 0 Å². The van der Waals surface area contributed by atoms with Crippen LogP contribution in [0.2, 0.25) is 0 Å². The normalized spacial score (nSPS) is 15.8. The molecular weight excluding hydrogens is 238 g/mol. The molecule has 0 amide bonds. The highest BCUT2D eigenvalue weighted by Gasteiger charge is 2.14. The van der Waals surface area contributed by atoms with E-state index in [0.29, 0.717) is 0 Å².